The van der Waals surface area contributed by atoms with Crippen molar-refractivity contribution in [1.29, 1.82) is 0 Å². The quantitative estimate of drug-likeness (QED) is 0.671. The molecule has 0 saturated carbocycles. The fourth-order valence-corrected chi connectivity index (χ4v) is 2.03. The monoisotopic (exact) mass is 315 g/mol. The summed E-state index contributed by atoms with van der Waals surface area (Å²) in [5.41, 5.74) is 0. The van der Waals surface area contributed by atoms with Crippen LogP contribution < -0.4 is 10.1 Å². The van der Waals surface area contributed by atoms with Gasteiger partial charge in [0.05, 0.1) is 5.02 Å². The molecule has 1 aromatic heterocycles. The van der Waals surface area contributed by atoms with E-state index in [1.807, 2.05) is 6.26 Å². The Morgan fingerprint density at radius 3 is 2.68 bits per heavy atom. The predicted octanol–water partition coefficient (Wildman–Crippen LogP) is 4.34. The van der Waals surface area contributed by atoms with Crippen molar-refractivity contribution in [3.8, 4) is 11.6 Å². The smallest absolute Gasteiger partial charge is 0.225 e. The van der Waals surface area contributed by atoms with Crippen molar-refractivity contribution in [3.05, 3.63) is 34.3 Å². The van der Waals surface area contributed by atoms with E-state index in [2.05, 4.69) is 15.3 Å². The van der Waals surface area contributed by atoms with Gasteiger partial charge in [0, 0.05) is 24.2 Å². The van der Waals surface area contributed by atoms with E-state index in [9.17, 15) is 0 Å². The molecule has 19 heavy (non-hydrogen) atoms. The van der Waals surface area contributed by atoms with Crippen LogP contribution in [0.25, 0.3) is 0 Å². The van der Waals surface area contributed by atoms with Crippen molar-refractivity contribution >= 4 is 40.8 Å². The van der Waals surface area contributed by atoms with Crippen molar-refractivity contribution in [2.45, 2.75) is 5.16 Å². The number of nitrogens with one attached hydrogen (secondary N) is 1. The lowest BCUT2D eigenvalue weighted by atomic mass is 10.3. The van der Waals surface area contributed by atoms with E-state index in [0.717, 1.165) is 0 Å². The molecule has 1 heterocycles. The molecule has 1 aromatic carbocycles. The Labute approximate surface area is 125 Å². The maximum atomic E-state index is 6.05. The third kappa shape index (κ3) is 3.65. The fourth-order valence-electron chi connectivity index (χ4n) is 1.34. The van der Waals surface area contributed by atoms with Gasteiger partial charge in [-0.2, -0.15) is 4.98 Å². The third-order valence-corrected chi connectivity index (χ3v) is 3.32. The Balaban J connectivity index is 2.34. The summed E-state index contributed by atoms with van der Waals surface area (Å²) >= 11 is 13.4. The molecule has 2 aromatic rings. The van der Waals surface area contributed by atoms with E-state index >= 15 is 0 Å². The number of aromatic nitrogens is 2. The number of hydrogen-bond donors (Lipinski definition) is 1. The summed E-state index contributed by atoms with van der Waals surface area (Å²) in [7, 11) is 1.78. The van der Waals surface area contributed by atoms with Crippen LogP contribution >= 0.6 is 35.0 Å². The molecular weight excluding hydrogens is 305 g/mol. The maximum absolute atomic E-state index is 6.05. The summed E-state index contributed by atoms with van der Waals surface area (Å²) in [5.74, 6) is 1.54. The molecule has 2 rings (SSSR count). The highest BCUT2D eigenvalue weighted by Crippen LogP contribution is 2.32. The van der Waals surface area contributed by atoms with Crippen molar-refractivity contribution in [1.82, 2.24) is 9.97 Å². The van der Waals surface area contributed by atoms with Crippen LogP contribution in [0.1, 0.15) is 0 Å². The summed E-state index contributed by atoms with van der Waals surface area (Å²) in [4.78, 5) is 8.51. The number of thioether (sulfide) groups is 1. The summed E-state index contributed by atoms with van der Waals surface area (Å²) in [6, 6.07) is 6.71. The SMILES string of the molecule is CNc1cc(Oc2cc(Cl)ccc2Cl)nc(SC)n1. The molecule has 0 bridgehead atoms. The van der Waals surface area contributed by atoms with Gasteiger partial charge >= 0.3 is 0 Å². The molecule has 7 heteroatoms. The van der Waals surface area contributed by atoms with Crippen LogP contribution in [0.5, 0.6) is 11.6 Å². The highest BCUT2D eigenvalue weighted by molar-refractivity contribution is 7.98. The lowest BCUT2D eigenvalue weighted by Crippen LogP contribution is -1.98. The molecule has 0 aliphatic carbocycles. The Hall–Kier alpha value is -1.17. The first-order valence-electron chi connectivity index (χ1n) is 5.36. The second-order valence-corrected chi connectivity index (χ2v) is 5.12. The lowest BCUT2D eigenvalue weighted by molar-refractivity contribution is 0.456. The summed E-state index contributed by atoms with van der Waals surface area (Å²) < 4.78 is 5.65. The Morgan fingerprint density at radius 2 is 2.00 bits per heavy atom. The van der Waals surface area contributed by atoms with Crippen LogP contribution in [0, 0.1) is 0 Å². The van der Waals surface area contributed by atoms with Gasteiger partial charge in [-0.15, -0.1) is 0 Å². The molecule has 0 unspecified atom stereocenters. The Bertz CT molecular complexity index is 573. The van der Waals surface area contributed by atoms with E-state index in [1.165, 1.54) is 11.8 Å². The van der Waals surface area contributed by atoms with E-state index in [-0.39, 0.29) is 0 Å². The van der Waals surface area contributed by atoms with Gasteiger partial charge in [-0.05, 0) is 18.4 Å². The van der Waals surface area contributed by atoms with Gasteiger partial charge in [-0.25, -0.2) is 4.98 Å². The number of rotatable bonds is 4. The molecule has 0 aliphatic rings. The summed E-state index contributed by atoms with van der Waals surface area (Å²) in [6.45, 7) is 0. The van der Waals surface area contributed by atoms with Gasteiger partial charge < -0.3 is 10.1 Å². The van der Waals surface area contributed by atoms with E-state index in [4.69, 9.17) is 27.9 Å². The highest BCUT2D eigenvalue weighted by Gasteiger charge is 2.08. The average Bonchev–Trinajstić information content (AvgIpc) is 2.42. The number of halogens is 2. The average molecular weight is 316 g/mol. The molecule has 0 saturated heterocycles. The minimum atomic E-state index is 0.410. The Morgan fingerprint density at radius 1 is 1.21 bits per heavy atom. The first-order chi connectivity index (χ1) is 9.12. The minimum Gasteiger partial charge on any atom is -0.437 e. The number of ether oxygens (including phenoxy) is 1. The number of hydrogen-bond acceptors (Lipinski definition) is 5. The summed E-state index contributed by atoms with van der Waals surface area (Å²) in [6.07, 6.45) is 1.89. The second kappa shape index (κ2) is 6.32. The fraction of sp³-hybridized carbons (Fsp3) is 0.167. The van der Waals surface area contributed by atoms with Crippen LogP contribution in [-0.4, -0.2) is 23.3 Å². The van der Waals surface area contributed by atoms with Gasteiger partial charge in [0.2, 0.25) is 5.88 Å². The first kappa shape index (κ1) is 14.2. The largest absolute Gasteiger partial charge is 0.437 e. The molecule has 0 aliphatic heterocycles. The molecule has 100 valence electrons. The highest BCUT2D eigenvalue weighted by atomic mass is 35.5. The lowest BCUT2D eigenvalue weighted by Gasteiger charge is -2.09. The molecule has 0 radical (unpaired) electrons. The number of benzene rings is 1. The predicted molar refractivity (Wildman–Crippen MR) is 79.9 cm³/mol. The third-order valence-electron chi connectivity index (χ3n) is 2.23. The van der Waals surface area contributed by atoms with Crippen LogP contribution in [0.15, 0.2) is 29.4 Å². The molecular formula is C12H11Cl2N3OS. The van der Waals surface area contributed by atoms with Crippen molar-refractivity contribution in [2.75, 3.05) is 18.6 Å². The first-order valence-corrected chi connectivity index (χ1v) is 7.34. The zero-order chi connectivity index (χ0) is 13.8. The number of anilines is 1. The standard InChI is InChI=1S/C12H11Cl2N3OS/c1-15-10-6-11(17-12(16-10)19-2)18-9-5-7(13)3-4-8(9)14/h3-6H,1-2H3,(H,15,16,17). The zero-order valence-electron chi connectivity index (χ0n) is 10.3. The van der Waals surface area contributed by atoms with Gasteiger partial charge in [0.15, 0.2) is 5.16 Å². The van der Waals surface area contributed by atoms with Crippen molar-refractivity contribution < 1.29 is 4.74 Å². The van der Waals surface area contributed by atoms with Crippen LogP contribution in [0.4, 0.5) is 5.82 Å². The molecule has 0 atom stereocenters. The van der Waals surface area contributed by atoms with Crippen molar-refractivity contribution in [2.24, 2.45) is 0 Å². The normalized spacial score (nSPS) is 10.3. The Kier molecular flexibility index (Phi) is 4.74. The summed E-state index contributed by atoms with van der Waals surface area (Å²) in [5, 5.41) is 4.58. The van der Waals surface area contributed by atoms with Crippen LogP contribution in [-0.2, 0) is 0 Å². The minimum absolute atomic E-state index is 0.410. The van der Waals surface area contributed by atoms with Gasteiger partial charge in [-0.1, -0.05) is 35.0 Å². The van der Waals surface area contributed by atoms with Crippen molar-refractivity contribution in [3.63, 3.8) is 0 Å². The molecule has 0 spiro atoms. The zero-order valence-corrected chi connectivity index (χ0v) is 12.6. The van der Waals surface area contributed by atoms with Gasteiger partial charge in [0.25, 0.3) is 0 Å². The molecule has 0 fully saturated rings. The van der Waals surface area contributed by atoms with E-state index < -0.39 is 0 Å². The topological polar surface area (TPSA) is 47.0 Å². The van der Waals surface area contributed by atoms with Crippen LogP contribution in [0.2, 0.25) is 10.0 Å². The van der Waals surface area contributed by atoms with E-state index in [0.29, 0.717) is 32.6 Å². The van der Waals surface area contributed by atoms with Crippen LogP contribution in [0.3, 0.4) is 0 Å². The molecule has 4 nitrogen and oxygen atoms in total. The number of nitrogens with zero attached hydrogens (tertiary/aromatic N) is 2. The van der Waals surface area contributed by atoms with E-state index in [1.54, 1.807) is 31.3 Å². The van der Waals surface area contributed by atoms with Gasteiger partial charge in [-0.3, -0.25) is 0 Å². The molecule has 1 N–H and O–H groups in total. The second-order valence-electron chi connectivity index (χ2n) is 3.50. The maximum Gasteiger partial charge on any atom is 0.225 e. The van der Waals surface area contributed by atoms with Gasteiger partial charge in [0.1, 0.15) is 11.6 Å². The molecule has 0 amide bonds.